The molecule has 152 valence electrons. The minimum Gasteiger partial charge on any atom is -0.389 e. The predicted molar refractivity (Wildman–Crippen MR) is 116 cm³/mol. The number of rotatable bonds is 8. The van der Waals surface area contributed by atoms with E-state index in [0.29, 0.717) is 0 Å². The van der Waals surface area contributed by atoms with Crippen molar-refractivity contribution in [2.24, 2.45) is 0 Å². The highest BCUT2D eigenvalue weighted by atomic mass is 32.2. The first kappa shape index (κ1) is 21.0. The van der Waals surface area contributed by atoms with Gasteiger partial charge in [-0.25, -0.2) is 13.1 Å². The van der Waals surface area contributed by atoms with Gasteiger partial charge in [0.25, 0.3) is 0 Å². The lowest BCUT2D eigenvalue weighted by Gasteiger charge is -2.34. The molecule has 0 amide bonds. The molecule has 0 saturated carbocycles. The molecule has 6 heteroatoms. The predicted octanol–water partition coefficient (Wildman–Crippen LogP) is 3.51. The van der Waals surface area contributed by atoms with Crippen LogP contribution in [0, 0.1) is 6.92 Å². The smallest absolute Gasteiger partial charge is 0.240 e. The monoisotopic (exact) mass is 410 g/mol. The second-order valence-corrected chi connectivity index (χ2v) is 8.80. The van der Waals surface area contributed by atoms with Crippen LogP contribution in [0.3, 0.4) is 0 Å². The van der Waals surface area contributed by atoms with E-state index in [1.165, 1.54) is 0 Å². The van der Waals surface area contributed by atoms with E-state index in [2.05, 4.69) is 4.72 Å². The molecule has 3 aromatic rings. The van der Waals surface area contributed by atoms with E-state index >= 15 is 0 Å². The maximum absolute atomic E-state index is 12.6. The van der Waals surface area contributed by atoms with Crippen molar-refractivity contribution in [3.63, 3.8) is 0 Å². The number of nitrogens with zero attached hydrogens (tertiary/aromatic N) is 1. The molecular formula is C23H26N2O3S. The molecule has 0 fully saturated rings. The van der Waals surface area contributed by atoms with Gasteiger partial charge in [0.1, 0.15) is 0 Å². The Bertz CT molecular complexity index is 1010. The van der Waals surface area contributed by atoms with E-state index in [0.717, 1.165) is 16.8 Å². The van der Waals surface area contributed by atoms with Gasteiger partial charge in [0.15, 0.2) is 0 Å². The van der Waals surface area contributed by atoms with Crippen molar-refractivity contribution in [2.45, 2.75) is 24.0 Å². The number of para-hydroxylation sites is 1. The van der Waals surface area contributed by atoms with Gasteiger partial charge in [-0.15, -0.1) is 0 Å². The van der Waals surface area contributed by atoms with Gasteiger partial charge >= 0.3 is 0 Å². The summed E-state index contributed by atoms with van der Waals surface area (Å²) >= 11 is 0. The molecule has 0 aromatic heterocycles. The fraction of sp³-hybridized carbons (Fsp3) is 0.217. The Morgan fingerprint density at radius 1 is 0.897 bits per heavy atom. The van der Waals surface area contributed by atoms with Crippen molar-refractivity contribution >= 4 is 15.7 Å². The Balaban J connectivity index is 1.81. The molecule has 0 bridgehead atoms. The Morgan fingerprint density at radius 3 is 2.03 bits per heavy atom. The van der Waals surface area contributed by atoms with Crippen LogP contribution >= 0.6 is 0 Å². The van der Waals surface area contributed by atoms with Crippen molar-refractivity contribution in [3.8, 4) is 0 Å². The fourth-order valence-corrected chi connectivity index (χ4v) is 4.34. The third-order valence-electron chi connectivity index (χ3n) is 4.90. The van der Waals surface area contributed by atoms with Crippen LogP contribution in [0.15, 0.2) is 89.8 Å². The molecule has 2 unspecified atom stereocenters. The molecule has 2 atom stereocenters. The Morgan fingerprint density at radius 2 is 1.45 bits per heavy atom. The second kappa shape index (κ2) is 9.22. The zero-order chi connectivity index (χ0) is 20.9. The number of sulfonamides is 1. The number of likely N-dealkylation sites (N-methyl/N-ethyl adjacent to an activating group) is 1. The van der Waals surface area contributed by atoms with E-state index in [4.69, 9.17) is 0 Å². The number of aliphatic hydroxyl groups excluding tert-OH is 1. The van der Waals surface area contributed by atoms with E-state index in [9.17, 15) is 13.5 Å². The van der Waals surface area contributed by atoms with Crippen molar-refractivity contribution in [2.75, 3.05) is 18.5 Å². The number of hydrogen-bond acceptors (Lipinski definition) is 4. The summed E-state index contributed by atoms with van der Waals surface area (Å²) in [5.74, 6) is 0. The summed E-state index contributed by atoms with van der Waals surface area (Å²) in [6.45, 7) is 1.80. The summed E-state index contributed by atoms with van der Waals surface area (Å²) in [4.78, 5) is 2.14. The van der Waals surface area contributed by atoms with Crippen LogP contribution in [0.25, 0.3) is 0 Å². The molecule has 0 heterocycles. The second-order valence-electron chi connectivity index (χ2n) is 7.03. The average molecular weight is 411 g/mol. The first-order valence-corrected chi connectivity index (χ1v) is 10.9. The van der Waals surface area contributed by atoms with Crippen LogP contribution in [0.1, 0.15) is 17.2 Å². The topological polar surface area (TPSA) is 69.6 Å². The van der Waals surface area contributed by atoms with Crippen molar-refractivity contribution in [1.82, 2.24) is 4.72 Å². The molecule has 0 saturated heterocycles. The SMILES string of the molecule is Cc1ccc(S(=O)(=O)NCC(O)C(c2ccccc2)N(C)c2ccccc2)cc1. The lowest BCUT2D eigenvalue weighted by molar-refractivity contribution is 0.146. The molecule has 0 aliphatic carbocycles. The summed E-state index contributed by atoms with van der Waals surface area (Å²) in [5, 5.41) is 11.0. The Hall–Kier alpha value is -2.67. The summed E-state index contributed by atoms with van der Waals surface area (Å²) in [6, 6.07) is 25.5. The van der Waals surface area contributed by atoms with Gasteiger partial charge in [-0.05, 0) is 36.8 Å². The summed E-state index contributed by atoms with van der Waals surface area (Å²) < 4.78 is 27.8. The molecule has 0 spiro atoms. The molecular weight excluding hydrogens is 384 g/mol. The van der Waals surface area contributed by atoms with Crippen LogP contribution in [-0.4, -0.2) is 33.2 Å². The number of anilines is 1. The number of hydrogen-bond donors (Lipinski definition) is 2. The minimum atomic E-state index is -3.71. The van der Waals surface area contributed by atoms with Crippen LogP contribution in [0.2, 0.25) is 0 Å². The molecule has 3 rings (SSSR count). The highest BCUT2D eigenvalue weighted by molar-refractivity contribution is 7.89. The molecule has 2 N–H and O–H groups in total. The van der Waals surface area contributed by atoms with Gasteiger partial charge in [0, 0.05) is 19.3 Å². The van der Waals surface area contributed by atoms with Crippen LogP contribution in [-0.2, 0) is 10.0 Å². The molecule has 0 aliphatic heterocycles. The maximum Gasteiger partial charge on any atom is 0.240 e. The van der Waals surface area contributed by atoms with Crippen LogP contribution in [0.5, 0.6) is 0 Å². The molecule has 0 aliphatic rings. The van der Waals surface area contributed by atoms with Gasteiger partial charge in [0.05, 0.1) is 17.0 Å². The van der Waals surface area contributed by atoms with E-state index in [1.807, 2.05) is 79.5 Å². The lowest BCUT2D eigenvalue weighted by Crippen LogP contribution is -2.41. The normalized spacial score (nSPS) is 13.6. The fourth-order valence-electron chi connectivity index (χ4n) is 3.29. The summed E-state index contributed by atoms with van der Waals surface area (Å²) in [5.41, 5.74) is 2.82. The Labute approximate surface area is 172 Å². The molecule has 29 heavy (non-hydrogen) atoms. The first-order chi connectivity index (χ1) is 13.9. The maximum atomic E-state index is 12.6. The van der Waals surface area contributed by atoms with Gasteiger partial charge in [0.2, 0.25) is 10.0 Å². The van der Waals surface area contributed by atoms with Crippen molar-refractivity contribution < 1.29 is 13.5 Å². The number of aliphatic hydroxyl groups is 1. The summed E-state index contributed by atoms with van der Waals surface area (Å²) in [6.07, 6.45) is -0.956. The number of benzene rings is 3. The van der Waals surface area contributed by atoms with Gasteiger partial charge in [-0.2, -0.15) is 0 Å². The average Bonchev–Trinajstić information content (AvgIpc) is 2.74. The zero-order valence-corrected chi connectivity index (χ0v) is 17.4. The Kier molecular flexibility index (Phi) is 6.69. The number of aryl methyl sites for hydroxylation is 1. The summed E-state index contributed by atoms with van der Waals surface area (Å²) in [7, 11) is -1.81. The molecule has 5 nitrogen and oxygen atoms in total. The first-order valence-electron chi connectivity index (χ1n) is 9.46. The highest BCUT2D eigenvalue weighted by Crippen LogP contribution is 2.28. The molecule has 3 aromatic carbocycles. The van der Waals surface area contributed by atoms with E-state index < -0.39 is 22.2 Å². The molecule has 0 radical (unpaired) electrons. The minimum absolute atomic E-state index is 0.104. The third-order valence-corrected chi connectivity index (χ3v) is 6.34. The van der Waals surface area contributed by atoms with Crippen LogP contribution in [0.4, 0.5) is 5.69 Å². The standard InChI is InChI=1S/C23H26N2O3S/c1-18-13-15-21(16-14-18)29(27,28)24-17-22(26)23(19-9-5-3-6-10-19)25(2)20-11-7-4-8-12-20/h3-16,22-24,26H,17H2,1-2H3. The zero-order valence-electron chi connectivity index (χ0n) is 16.6. The quantitative estimate of drug-likeness (QED) is 0.596. The van der Waals surface area contributed by atoms with Crippen molar-refractivity contribution in [1.29, 1.82) is 0 Å². The highest BCUT2D eigenvalue weighted by Gasteiger charge is 2.27. The van der Waals surface area contributed by atoms with E-state index in [1.54, 1.807) is 24.3 Å². The van der Waals surface area contributed by atoms with Crippen LogP contribution < -0.4 is 9.62 Å². The van der Waals surface area contributed by atoms with E-state index in [-0.39, 0.29) is 11.4 Å². The van der Waals surface area contributed by atoms with Gasteiger partial charge in [-0.1, -0.05) is 66.2 Å². The van der Waals surface area contributed by atoms with Crippen molar-refractivity contribution in [3.05, 3.63) is 96.1 Å². The number of nitrogens with one attached hydrogen (secondary N) is 1. The lowest BCUT2D eigenvalue weighted by atomic mass is 9.99. The van der Waals surface area contributed by atoms with Gasteiger partial charge in [-0.3, -0.25) is 0 Å². The largest absolute Gasteiger partial charge is 0.389 e. The van der Waals surface area contributed by atoms with Gasteiger partial charge < -0.3 is 10.0 Å². The third kappa shape index (κ3) is 5.23.